The van der Waals surface area contributed by atoms with E-state index in [1.54, 1.807) is 0 Å². The molecule has 7 N–H and O–H groups in total. The molecule has 0 saturated heterocycles. The number of nitrogens with two attached hydrogens (primary N) is 2. The van der Waals surface area contributed by atoms with Gasteiger partial charge in [0.25, 0.3) is 0 Å². The van der Waals surface area contributed by atoms with Crippen molar-refractivity contribution >= 4 is 20.2 Å². The topological polar surface area (TPSA) is 214 Å². The number of rotatable bonds is 9. The van der Waals surface area contributed by atoms with Gasteiger partial charge in [0.1, 0.15) is 0 Å². The Balaban J connectivity index is -0.0000000795. The molecule has 0 aromatic carbocycles. The molecule has 0 heterocycles. The molecule has 0 rings (SSSR count). The van der Waals surface area contributed by atoms with E-state index < -0.39 is 26.1 Å². The van der Waals surface area contributed by atoms with E-state index >= 15 is 0 Å². The normalized spacial score (nSPS) is 9.57. The van der Waals surface area contributed by atoms with Crippen LogP contribution in [0.3, 0.4) is 0 Å². The van der Waals surface area contributed by atoms with Crippen LogP contribution >= 0.6 is 8.25 Å². The Kier molecular flexibility index (Phi) is 31.7. The SMILES string of the molecule is CCN(CC)CCCC(C(=O)O)C(=O)O.O=[P+]([O-])OO.[HH].[NH2-].[NH2-].[Pt+2]. The second-order valence-corrected chi connectivity index (χ2v) is 4.31. The zero-order valence-corrected chi connectivity index (χ0v) is 16.0. The molecule has 1 atom stereocenters. The molecule has 0 aliphatic heterocycles. The van der Waals surface area contributed by atoms with E-state index in [1.165, 1.54) is 0 Å². The minimum atomic E-state index is -3.04. The molecule has 0 radical (unpaired) electrons. The van der Waals surface area contributed by atoms with E-state index in [1.807, 2.05) is 13.8 Å². The third kappa shape index (κ3) is 21.5. The summed E-state index contributed by atoms with van der Waals surface area (Å²) < 4.78 is 11.6. The zero-order chi connectivity index (χ0) is 16.1. The fraction of sp³-hybridized carbons (Fsp3) is 0.800. The van der Waals surface area contributed by atoms with Gasteiger partial charge in [-0.2, -0.15) is 0 Å². The molecule has 0 aliphatic carbocycles. The number of carbonyl (C=O) groups is 2. The largest absolute Gasteiger partial charge is 2.00 e. The summed E-state index contributed by atoms with van der Waals surface area (Å²) >= 11 is 0. The second kappa shape index (κ2) is 21.5. The van der Waals surface area contributed by atoms with Gasteiger partial charge in [0.05, 0.1) is 0 Å². The van der Waals surface area contributed by atoms with E-state index in [4.69, 9.17) is 24.9 Å². The van der Waals surface area contributed by atoms with Gasteiger partial charge in [-0.05, 0) is 37.0 Å². The van der Waals surface area contributed by atoms with Crippen molar-refractivity contribution < 1.29 is 61.7 Å². The summed E-state index contributed by atoms with van der Waals surface area (Å²) in [5, 5.41) is 24.3. The van der Waals surface area contributed by atoms with Crippen molar-refractivity contribution in [1.29, 1.82) is 0 Å². The molecule has 11 nitrogen and oxygen atoms in total. The van der Waals surface area contributed by atoms with Crippen LogP contribution in [0.25, 0.3) is 12.3 Å². The van der Waals surface area contributed by atoms with Crippen molar-refractivity contribution in [3.8, 4) is 0 Å². The zero-order valence-electron chi connectivity index (χ0n) is 12.9. The van der Waals surface area contributed by atoms with Crippen molar-refractivity contribution in [2.75, 3.05) is 19.6 Å². The van der Waals surface area contributed by atoms with E-state index in [9.17, 15) is 9.59 Å². The second-order valence-electron chi connectivity index (χ2n) is 3.70. The van der Waals surface area contributed by atoms with Crippen LogP contribution in [-0.4, -0.2) is 51.9 Å². The van der Waals surface area contributed by atoms with Gasteiger partial charge in [0.2, 0.25) is 0 Å². The predicted octanol–water partition coefficient (Wildman–Crippen LogP) is 2.07. The van der Waals surface area contributed by atoms with Crippen molar-refractivity contribution in [2.45, 2.75) is 26.7 Å². The molecule has 0 saturated carbocycles. The molecule has 0 fully saturated rings. The first kappa shape index (κ1) is 34.0. The minimum absolute atomic E-state index is 0. The molecule has 144 valence electrons. The van der Waals surface area contributed by atoms with Gasteiger partial charge in [-0.25, -0.2) is 5.26 Å². The summed E-state index contributed by atoms with van der Waals surface area (Å²) in [6.07, 6.45) is 0.798. The van der Waals surface area contributed by atoms with Crippen LogP contribution in [0.4, 0.5) is 0 Å². The quantitative estimate of drug-likeness (QED) is 0.168. The Morgan fingerprint density at radius 3 is 1.78 bits per heavy atom. The number of aliphatic carboxylic acids is 2. The van der Waals surface area contributed by atoms with E-state index in [2.05, 4.69) is 9.57 Å². The van der Waals surface area contributed by atoms with Gasteiger partial charge in [-0.1, -0.05) is 13.8 Å². The molecule has 13 heteroatoms. The summed E-state index contributed by atoms with van der Waals surface area (Å²) in [6, 6.07) is 0. The Bertz CT molecular complexity index is 312. The number of carboxylic acids is 2. The van der Waals surface area contributed by atoms with Crippen LogP contribution in [0.15, 0.2) is 0 Å². The monoisotopic (exact) mass is 542 g/mol. The fourth-order valence-electron chi connectivity index (χ4n) is 1.41. The van der Waals surface area contributed by atoms with Crippen molar-refractivity contribution in [3.05, 3.63) is 12.3 Å². The molecular formula is C10H26N3O8PPt. The summed E-state index contributed by atoms with van der Waals surface area (Å²) in [6.45, 7) is 6.61. The van der Waals surface area contributed by atoms with Gasteiger partial charge in [0, 0.05) is 6.10 Å². The van der Waals surface area contributed by atoms with Crippen LogP contribution < -0.4 is 4.89 Å². The standard InChI is InChI=1S/C10H19NO4.2H2N.HO4P.Pt.H2/c1-3-11(4-2)7-5-6-8(9(12)13)10(14)15;;;1-4-5(2)3;;/h8H,3-7H2,1-2H3,(H,12,13)(H,14,15);2*1H2;1H;;1H/q;2*-1;;+2;. The van der Waals surface area contributed by atoms with E-state index in [0.29, 0.717) is 6.42 Å². The van der Waals surface area contributed by atoms with Crippen LogP contribution in [0.5, 0.6) is 0 Å². The third-order valence-corrected chi connectivity index (χ3v) is 2.66. The Morgan fingerprint density at radius 2 is 1.57 bits per heavy atom. The van der Waals surface area contributed by atoms with Crippen molar-refractivity contribution in [2.24, 2.45) is 5.92 Å². The average molecular weight is 542 g/mol. The Hall–Kier alpha value is -0.512. The van der Waals surface area contributed by atoms with Crippen LogP contribution in [-0.2, 0) is 39.9 Å². The number of carboxylic acid groups (broad SMARTS) is 2. The maximum Gasteiger partial charge on any atom is 2.00 e. The van der Waals surface area contributed by atoms with Gasteiger partial charge in [0.15, 0.2) is 5.92 Å². The Labute approximate surface area is 151 Å². The van der Waals surface area contributed by atoms with E-state index in [-0.39, 0.29) is 41.2 Å². The molecule has 23 heavy (non-hydrogen) atoms. The van der Waals surface area contributed by atoms with Crippen molar-refractivity contribution in [1.82, 2.24) is 4.90 Å². The molecular weight excluding hydrogens is 516 g/mol. The molecule has 0 bridgehead atoms. The van der Waals surface area contributed by atoms with Crippen LogP contribution in [0.2, 0.25) is 0 Å². The molecule has 0 amide bonds. The predicted molar refractivity (Wildman–Crippen MR) is 79.8 cm³/mol. The molecule has 0 aromatic heterocycles. The maximum absolute atomic E-state index is 10.6. The first-order valence-electron chi connectivity index (χ1n) is 5.93. The van der Waals surface area contributed by atoms with Gasteiger partial charge < -0.3 is 32.3 Å². The van der Waals surface area contributed by atoms with Gasteiger partial charge in [-0.3, -0.25) is 9.59 Å². The fourth-order valence-corrected chi connectivity index (χ4v) is 1.41. The van der Waals surface area contributed by atoms with E-state index in [0.717, 1.165) is 19.6 Å². The summed E-state index contributed by atoms with van der Waals surface area (Å²) in [7, 11) is -3.04. The van der Waals surface area contributed by atoms with Gasteiger partial charge in [-0.15, -0.1) is 0 Å². The Morgan fingerprint density at radius 1 is 1.22 bits per heavy atom. The summed E-state index contributed by atoms with van der Waals surface area (Å²) in [5.41, 5.74) is 0. The third-order valence-electron chi connectivity index (χ3n) is 2.52. The maximum atomic E-state index is 10.6. The van der Waals surface area contributed by atoms with Crippen LogP contribution in [0.1, 0.15) is 28.1 Å². The minimum Gasteiger partial charge on any atom is -0.693 e. The first-order chi connectivity index (χ1) is 9.29. The molecule has 0 aliphatic rings. The molecule has 0 spiro atoms. The first-order valence-corrected chi connectivity index (χ1v) is 7.03. The molecule has 1 unspecified atom stereocenters. The number of hydrogen-bond acceptors (Lipinski definition) is 7. The smallest absolute Gasteiger partial charge is 0.693 e. The van der Waals surface area contributed by atoms with Crippen molar-refractivity contribution in [3.63, 3.8) is 0 Å². The average Bonchev–Trinajstić information content (AvgIpc) is 2.38. The number of hydrogen-bond donors (Lipinski definition) is 3. The molecule has 0 aromatic rings. The summed E-state index contributed by atoms with van der Waals surface area (Å²) in [4.78, 5) is 32.2. The van der Waals surface area contributed by atoms with Crippen LogP contribution in [0, 0.1) is 5.92 Å². The summed E-state index contributed by atoms with van der Waals surface area (Å²) in [5.74, 6) is -3.76. The van der Waals surface area contributed by atoms with Gasteiger partial charge >= 0.3 is 41.3 Å². The number of nitrogens with zero attached hydrogens (tertiary/aromatic N) is 1.